The van der Waals surface area contributed by atoms with E-state index in [1.165, 1.54) is 5.56 Å². The Bertz CT molecular complexity index is 811. The van der Waals surface area contributed by atoms with E-state index in [4.69, 9.17) is 0 Å². The molecule has 4 rings (SSSR count). The summed E-state index contributed by atoms with van der Waals surface area (Å²) in [4.78, 5) is 17.3. The summed E-state index contributed by atoms with van der Waals surface area (Å²) >= 11 is 3.58. The Morgan fingerprint density at radius 2 is 2.00 bits per heavy atom. The van der Waals surface area contributed by atoms with Gasteiger partial charge in [-0.25, -0.2) is 0 Å². The molecule has 0 saturated carbocycles. The molecule has 2 aliphatic rings. The summed E-state index contributed by atoms with van der Waals surface area (Å²) in [6, 6.07) is 16.2. The van der Waals surface area contributed by atoms with Gasteiger partial charge in [-0.2, -0.15) is 0 Å². The first-order valence-corrected chi connectivity index (χ1v) is 9.86. The Morgan fingerprint density at radius 3 is 2.73 bits per heavy atom. The molecule has 0 unspecified atom stereocenters. The smallest absolute Gasteiger partial charge is 0.227 e. The largest absolute Gasteiger partial charge is 0.394 e. The molecule has 26 heavy (non-hydrogen) atoms. The SMILES string of the molecule is CN1c2ccc(Br)cc2[C@@H]2[C@@H](CCN2C(=O)Cc2ccccc2)[C@H]1CO. The van der Waals surface area contributed by atoms with Gasteiger partial charge >= 0.3 is 0 Å². The van der Waals surface area contributed by atoms with Gasteiger partial charge in [-0.15, -0.1) is 0 Å². The number of likely N-dealkylation sites (tertiary alicyclic amines) is 1. The van der Waals surface area contributed by atoms with Gasteiger partial charge in [0.2, 0.25) is 5.91 Å². The normalized spacial score (nSPS) is 24.3. The van der Waals surface area contributed by atoms with Gasteiger partial charge in [0.15, 0.2) is 0 Å². The molecule has 2 aromatic rings. The zero-order valence-electron chi connectivity index (χ0n) is 14.8. The number of amides is 1. The van der Waals surface area contributed by atoms with Crippen LogP contribution in [0.4, 0.5) is 5.69 Å². The van der Waals surface area contributed by atoms with Crippen LogP contribution in [-0.4, -0.2) is 42.2 Å². The number of anilines is 1. The lowest BCUT2D eigenvalue weighted by molar-refractivity contribution is -0.132. The number of hydrogen-bond donors (Lipinski definition) is 1. The van der Waals surface area contributed by atoms with Crippen molar-refractivity contribution in [3.05, 3.63) is 64.1 Å². The van der Waals surface area contributed by atoms with E-state index in [0.29, 0.717) is 6.42 Å². The predicted octanol–water partition coefficient (Wildman–Crippen LogP) is 3.39. The average molecular weight is 415 g/mol. The van der Waals surface area contributed by atoms with Crippen LogP contribution in [0.25, 0.3) is 0 Å². The topological polar surface area (TPSA) is 43.8 Å². The van der Waals surface area contributed by atoms with Gasteiger partial charge in [0.05, 0.1) is 25.1 Å². The third kappa shape index (κ3) is 2.93. The number of likely N-dealkylation sites (N-methyl/N-ethyl adjacent to an activating group) is 1. The number of halogens is 1. The van der Waals surface area contributed by atoms with Crippen molar-refractivity contribution < 1.29 is 9.90 Å². The van der Waals surface area contributed by atoms with Crippen molar-refractivity contribution in [2.45, 2.75) is 24.9 Å². The number of aliphatic hydroxyl groups excluding tert-OH is 1. The molecule has 136 valence electrons. The van der Waals surface area contributed by atoms with E-state index in [1.54, 1.807) is 0 Å². The minimum atomic E-state index is 0.0343. The molecule has 2 heterocycles. The van der Waals surface area contributed by atoms with E-state index >= 15 is 0 Å². The highest BCUT2D eigenvalue weighted by Crippen LogP contribution is 2.49. The number of nitrogens with zero attached hydrogens (tertiary/aromatic N) is 2. The fraction of sp³-hybridized carbons (Fsp3) is 0.381. The molecule has 0 spiro atoms. The number of benzene rings is 2. The van der Waals surface area contributed by atoms with Crippen LogP contribution in [-0.2, 0) is 11.2 Å². The van der Waals surface area contributed by atoms with Gasteiger partial charge in [-0.05, 0) is 35.7 Å². The summed E-state index contributed by atoms with van der Waals surface area (Å²) in [6.07, 6.45) is 1.35. The number of aliphatic hydroxyl groups is 1. The highest BCUT2D eigenvalue weighted by molar-refractivity contribution is 9.10. The summed E-state index contributed by atoms with van der Waals surface area (Å²) in [5, 5.41) is 9.99. The van der Waals surface area contributed by atoms with E-state index in [9.17, 15) is 9.90 Å². The van der Waals surface area contributed by atoms with Crippen LogP contribution in [0.15, 0.2) is 53.0 Å². The Labute approximate surface area is 162 Å². The van der Waals surface area contributed by atoms with E-state index in [0.717, 1.165) is 28.7 Å². The number of carbonyl (C=O) groups is 1. The van der Waals surface area contributed by atoms with Gasteiger partial charge in [0.1, 0.15) is 0 Å². The fourth-order valence-corrected chi connectivity index (χ4v) is 4.96. The van der Waals surface area contributed by atoms with E-state index in [1.807, 2.05) is 48.3 Å². The molecule has 1 fully saturated rings. The monoisotopic (exact) mass is 414 g/mol. The number of carbonyl (C=O) groups excluding carboxylic acids is 1. The lowest BCUT2D eigenvalue weighted by Crippen LogP contribution is -2.48. The Hall–Kier alpha value is -1.85. The van der Waals surface area contributed by atoms with Gasteiger partial charge in [0.25, 0.3) is 0 Å². The van der Waals surface area contributed by atoms with Crippen molar-refractivity contribution in [1.82, 2.24) is 4.90 Å². The first-order chi connectivity index (χ1) is 12.6. The van der Waals surface area contributed by atoms with E-state index in [-0.39, 0.29) is 30.5 Å². The number of hydrogen-bond acceptors (Lipinski definition) is 3. The van der Waals surface area contributed by atoms with E-state index in [2.05, 4.69) is 33.0 Å². The maximum Gasteiger partial charge on any atom is 0.227 e. The third-order valence-corrected chi connectivity index (χ3v) is 6.32. The number of fused-ring (bicyclic) bond motifs is 3. The minimum absolute atomic E-state index is 0.0343. The van der Waals surface area contributed by atoms with Crippen LogP contribution < -0.4 is 4.90 Å². The van der Waals surface area contributed by atoms with Gasteiger partial charge in [-0.3, -0.25) is 4.79 Å². The molecular weight excluding hydrogens is 392 g/mol. The quantitative estimate of drug-likeness (QED) is 0.836. The summed E-state index contributed by atoms with van der Waals surface area (Å²) in [6.45, 7) is 0.852. The minimum Gasteiger partial charge on any atom is -0.394 e. The van der Waals surface area contributed by atoms with Gasteiger partial charge in [0, 0.05) is 29.7 Å². The van der Waals surface area contributed by atoms with Crippen LogP contribution in [0.3, 0.4) is 0 Å². The maximum absolute atomic E-state index is 13.1. The molecule has 4 nitrogen and oxygen atoms in total. The summed E-state index contributed by atoms with van der Waals surface area (Å²) < 4.78 is 1.02. The van der Waals surface area contributed by atoms with Crippen molar-refractivity contribution in [1.29, 1.82) is 0 Å². The second kappa shape index (κ2) is 7.05. The molecule has 0 aromatic heterocycles. The molecule has 0 aliphatic carbocycles. The molecule has 0 radical (unpaired) electrons. The second-order valence-corrected chi connectivity index (χ2v) is 8.13. The van der Waals surface area contributed by atoms with Crippen LogP contribution in [0.5, 0.6) is 0 Å². The lowest BCUT2D eigenvalue weighted by atomic mass is 9.82. The molecule has 5 heteroatoms. The van der Waals surface area contributed by atoms with Crippen molar-refractivity contribution >= 4 is 27.5 Å². The first kappa shape index (κ1) is 17.6. The lowest BCUT2D eigenvalue weighted by Gasteiger charge is -2.44. The van der Waals surface area contributed by atoms with Gasteiger partial charge < -0.3 is 14.9 Å². The van der Waals surface area contributed by atoms with Crippen molar-refractivity contribution in [2.75, 3.05) is 25.1 Å². The zero-order valence-corrected chi connectivity index (χ0v) is 16.4. The highest BCUT2D eigenvalue weighted by Gasteiger charge is 2.47. The predicted molar refractivity (Wildman–Crippen MR) is 106 cm³/mol. The van der Waals surface area contributed by atoms with Crippen LogP contribution >= 0.6 is 15.9 Å². The number of rotatable bonds is 3. The third-order valence-electron chi connectivity index (χ3n) is 5.83. The molecule has 1 saturated heterocycles. The molecule has 2 aliphatic heterocycles. The molecule has 1 amide bonds. The fourth-order valence-electron chi connectivity index (χ4n) is 4.58. The zero-order chi connectivity index (χ0) is 18.3. The second-order valence-electron chi connectivity index (χ2n) is 7.21. The molecule has 3 atom stereocenters. The summed E-state index contributed by atoms with van der Waals surface area (Å²) in [5.41, 5.74) is 3.32. The first-order valence-electron chi connectivity index (χ1n) is 9.06. The van der Waals surface area contributed by atoms with Crippen LogP contribution in [0.2, 0.25) is 0 Å². The average Bonchev–Trinajstić information content (AvgIpc) is 3.08. The van der Waals surface area contributed by atoms with E-state index < -0.39 is 0 Å². The van der Waals surface area contributed by atoms with Crippen molar-refractivity contribution in [2.24, 2.45) is 5.92 Å². The standard InChI is InChI=1S/C21H23BrN2O2/c1-23-18-8-7-15(22)12-17(18)21-16(19(23)13-25)9-10-24(21)20(26)11-14-5-3-2-4-6-14/h2-8,12,16,19,21,25H,9-11,13H2,1H3/t16-,19+,21-/m0/s1. The van der Waals surface area contributed by atoms with Crippen LogP contribution in [0, 0.1) is 5.92 Å². The van der Waals surface area contributed by atoms with Gasteiger partial charge in [-0.1, -0.05) is 46.3 Å². The highest BCUT2D eigenvalue weighted by atomic mass is 79.9. The molecule has 0 bridgehead atoms. The van der Waals surface area contributed by atoms with Crippen LogP contribution in [0.1, 0.15) is 23.6 Å². The summed E-state index contributed by atoms with van der Waals surface area (Å²) in [5.74, 6) is 0.419. The Balaban J connectivity index is 1.69. The molecule has 1 N–H and O–H groups in total. The Morgan fingerprint density at radius 1 is 1.23 bits per heavy atom. The molecule has 2 aromatic carbocycles. The van der Waals surface area contributed by atoms with Crippen molar-refractivity contribution in [3.63, 3.8) is 0 Å². The Kier molecular flexibility index (Phi) is 4.76. The molecular formula is C21H23BrN2O2. The summed E-state index contributed by atoms with van der Waals surface area (Å²) in [7, 11) is 2.04. The van der Waals surface area contributed by atoms with Crippen molar-refractivity contribution in [3.8, 4) is 0 Å². The maximum atomic E-state index is 13.1.